The molecule has 0 aromatic rings. The molecule has 7 heteroatoms. The van der Waals surface area contributed by atoms with Gasteiger partial charge >= 0.3 is 12.0 Å². The summed E-state index contributed by atoms with van der Waals surface area (Å²) in [4.78, 5) is 26.6. The maximum atomic E-state index is 12.0. The fourth-order valence-corrected chi connectivity index (χ4v) is 2.27. The van der Waals surface area contributed by atoms with E-state index in [1.54, 1.807) is 4.90 Å². The Hall–Kier alpha value is -1.34. The molecule has 1 heterocycles. The lowest BCUT2D eigenvalue weighted by atomic mass is 10.2. The Bertz CT molecular complexity index is 322. The second-order valence-electron chi connectivity index (χ2n) is 5.00. The smallest absolute Gasteiger partial charge is 0.334 e. The summed E-state index contributed by atoms with van der Waals surface area (Å²) in [5.41, 5.74) is 0. The first-order chi connectivity index (χ1) is 8.95. The number of carbonyl (C=O) groups excluding carboxylic acids is 1. The predicted octanol–water partition coefficient (Wildman–Crippen LogP) is -0.178. The molecule has 1 saturated heterocycles. The molecule has 7 nitrogen and oxygen atoms in total. The molecule has 1 aliphatic rings. The molecule has 1 rings (SSSR count). The fourth-order valence-electron chi connectivity index (χ4n) is 2.27. The van der Waals surface area contributed by atoms with Crippen molar-refractivity contribution in [1.82, 2.24) is 15.1 Å². The van der Waals surface area contributed by atoms with Crippen LogP contribution in [0.3, 0.4) is 0 Å². The number of nitrogens with zero attached hydrogens (tertiary/aromatic N) is 2. The van der Waals surface area contributed by atoms with Crippen molar-refractivity contribution < 1.29 is 19.4 Å². The van der Waals surface area contributed by atoms with E-state index in [1.165, 1.54) is 7.11 Å². The van der Waals surface area contributed by atoms with Crippen LogP contribution in [0.2, 0.25) is 0 Å². The summed E-state index contributed by atoms with van der Waals surface area (Å²) in [5, 5.41) is 11.4. The Kier molecular flexibility index (Phi) is 6.04. The van der Waals surface area contributed by atoms with E-state index in [9.17, 15) is 9.59 Å². The second kappa shape index (κ2) is 7.30. The Labute approximate surface area is 113 Å². The summed E-state index contributed by atoms with van der Waals surface area (Å²) in [5.74, 6) is -1.07. The summed E-state index contributed by atoms with van der Waals surface area (Å²) in [6.07, 6.45) is 0.968. The van der Waals surface area contributed by atoms with Crippen LogP contribution in [0.15, 0.2) is 0 Å². The number of ether oxygens (including phenoxy) is 1. The van der Waals surface area contributed by atoms with Crippen LogP contribution < -0.4 is 5.32 Å². The number of carboxylic acids is 1. The van der Waals surface area contributed by atoms with E-state index in [0.29, 0.717) is 0 Å². The van der Waals surface area contributed by atoms with Crippen LogP contribution in [0.5, 0.6) is 0 Å². The van der Waals surface area contributed by atoms with E-state index >= 15 is 0 Å². The zero-order chi connectivity index (χ0) is 14.4. The first kappa shape index (κ1) is 15.7. The number of carboxylic acid groups (broad SMARTS) is 1. The van der Waals surface area contributed by atoms with Gasteiger partial charge in [-0.1, -0.05) is 0 Å². The van der Waals surface area contributed by atoms with E-state index in [-0.39, 0.29) is 18.6 Å². The maximum Gasteiger partial charge on any atom is 0.334 e. The minimum absolute atomic E-state index is 0.0180. The van der Waals surface area contributed by atoms with E-state index < -0.39 is 12.1 Å². The Morgan fingerprint density at radius 2 is 2.21 bits per heavy atom. The van der Waals surface area contributed by atoms with Crippen LogP contribution in [0, 0.1) is 0 Å². The first-order valence-corrected chi connectivity index (χ1v) is 6.40. The van der Waals surface area contributed by atoms with Crippen LogP contribution >= 0.6 is 0 Å². The highest BCUT2D eigenvalue weighted by Crippen LogP contribution is 2.17. The number of aliphatic carboxylic acids is 1. The molecule has 0 saturated carbocycles. The van der Waals surface area contributed by atoms with Crippen molar-refractivity contribution in [3.8, 4) is 0 Å². The molecule has 2 amide bonds. The van der Waals surface area contributed by atoms with Gasteiger partial charge in [0.25, 0.3) is 0 Å². The van der Waals surface area contributed by atoms with Gasteiger partial charge in [0.05, 0.1) is 6.54 Å². The number of likely N-dealkylation sites (tertiary alicyclic amines) is 1. The molecule has 0 spiro atoms. The number of hydrogen-bond acceptors (Lipinski definition) is 4. The van der Waals surface area contributed by atoms with E-state index in [4.69, 9.17) is 9.84 Å². The summed E-state index contributed by atoms with van der Waals surface area (Å²) in [7, 11) is 5.26. The topological polar surface area (TPSA) is 82.1 Å². The lowest BCUT2D eigenvalue weighted by Crippen LogP contribution is -2.49. The highest BCUT2D eigenvalue weighted by atomic mass is 16.5. The lowest BCUT2D eigenvalue weighted by molar-refractivity contribution is -0.148. The van der Waals surface area contributed by atoms with E-state index in [2.05, 4.69) is 5.32 Å². The van der Waals surface area contributed by atoms with Crippen molar-refractivity contribution in [3.63, 3.8) is 0 Å². The quantitative estimate of drug-likeness (QED) is 0.701. The zero-order valence-electron chi connectivity index (χ0n) is 11.8. The Morgan fingerprint density at radius 1 is 1.53 bits per heavy atom. The van der Waals surface area contributed by atoms with Crippen LogP contribution in [-0.4, -0.2) is 79.9 Å². The highest BCUT2D eigenvalue weighted by Gasteiger charge is 2.29. The molecule has 1 fully saturated rings. The number of hydrogen-bond donors (Lipinski definition) is 2. The van der Waals surface area contributed by atoms with Crippen LogP contribution in [0.25, 0.3) is 0 Å². The summed E-state index contributed by atoms with van der Waals surface area (Å²) >= 11 is 0. The molecule has 19 heavy (non-hydrogen) atoms. The van der Waals surface area contributed by atoms with Gasteiger partial charge in [-0.25, -0.2) is 9.59 Å². The zero-order valence-corrected chi connectivity index (χ0v) is 11.8. The van der Waals surface area contributed by atoms with Gasteiger partial charge < -0.3 is 25.0 Å². The van der Waals surface area contributed by atoms with Crippen LogP contribution in [0.1, 0.15) is 12.8 Å². The van der Waals surface area contributed by atoms with Gasteiger partial charge in [-0.05, 0) is 26.9 Å². The molecule has 2 N–H and O–H groups in total. The van der Waals surface area contributed by atoms with Crippen molar-refractivity contribution in [2.45, 2.75) is 25.0 Å². The average Bonchev–Trinajstić information content (AvgIpc) is 2.76. The number of amides is 2. The number of urea groups is 1. The minimum Gasteiger partial charge on any atom is -0.479 e. The van der Waals surface area contributed by atoms with Crippen molar-refractivity contribution in [2.75, 3.05) is 40.8 Å². The molecule has 2 atom stereocenters. The standard InChI is InChI=1S/C12H23N3O4/c1-14(2)8-9-5-4-6-15(9)12(18)13-7-10(19-3)11(16)17/h9-10H,4-8H2,1-3H3,(H,13,18)(H,16,17). The number of methoxy groups -OCH3 is 1. The van der Waals surface area contributed by atoms with Crippen LogP contribution in [0.4, 0.5) is 4.79 Å². The third-order valence-electron chi connectivity index (χ3n) is 3.21. The van der Waals surface area contributed by atoms with E-state index in [0.717, 1.165) is 25.9 Å². The van der Waals surface area contributed by atoms with Gasteiger partial charge in [0.2, 0.25) is 0 Å². The summed E-state index contributed by atoms with van der Waals surface area (Å²) < 4.78 is 4.78. The van der Waals surface area contributed by atoms with Gasteiger partial charge in [-0.15, -0.1) is 0 Å². The molecular weight excluding hydrogens is 250 g/mol. The fraction of sp³-hybridized carbons (Fsp3) is 0.833. The van der Waals surface area contributed by atoms with Gasteiger partial charge in [-0.2, -0.15) is 0 Å². The summed E-state index contributed by atoms with van der Waals surface area (Å²) in [6, 6.07) is -0.0199. The summed E-state index contributed by atoms with van der Waals surface area (Å²) in [6.45, 7) is 1.52. The van der Waals surface area contributed by atoms with E-state index in [1.807, 2.05) is 19.0 Å². The monoisotopic (exact) mass is 273 g/mol. The molecule has 0 aliphatic carbocycles. The van der Waals surface area contributed by atoms with Crippen molar-refractivity contribution >= 4 is 12.0 Å². The third-order valence-corrected chi connectivity index (χ3v) is 3.21. The minimum atomic E-state index is -1.07. The third kappa shape index (κ3) is 4.68. The molecule has 0 aromatic carbocycles. The van der Waals surface area contributed by atoms with Crippen LogP contribution in [-0.2, 0) is 9.53 Å². The van der Waals surface area contributed by atoms with Gasteiger partial charge in [0.1, 0.15) is 0 Å². The predicted molar refractivity (Wildman–Crippen MR) is 70.1 cm³/mol. The Balaban J connectivity index is 2.46. The molecule has 0 aromatic heterocycles. The molecule has 2 unspecified atom stereocenters. The molecule has 0 bridgehead atoms. The lowest BCUT2D eigenvalue weighted by Gasteiger charge is -2.27. The number of likely N-dealkylation sites (N-methyl/N-ethyl adjacent to an activating group) is 1. The second-order valence-corrected chi connectivity index (χ2v) is 5.00. The molecule has 110 valence electrons. The molecule has 0 radical (unpaired) electrons. The highest BCUT2D eigenvalue weighted by molar-refractivity contribution is 5.77. The van der Waals surface area contributed by atoms with Crippen molar-refractivity contribution in [2.24, 2.45) is 0 Å². The largest absolute Gasteiger partial charge is 0.479 e. The molecule has 1 aliphatic heterocycles. The first-order valence-electron chi connectivity index (χ1n) is 6.40. The maximum absolute atomic E-state index is 12.0. The average molecular weight is 273 g/mol. The SMILES string of the molecule is COC(CNC(=O)N1CCCC1CN(C)C)C(=O)O. The Morgan fingerprint density at radius 3 is 2.74 bits per heavy atom. The number of carbonyl (C=O) groups is 2. The molecular formula is C12H23N3O4. The van der Waals surface area contributed by atoms with Gasteiger partial charge in [-0.3, -0.25) is 0 Å². The van der Waals surface area contributed by atoms with Gasteiger partial charge in [0.15, 0.2) is 6.10 Å². The normalized spacial score (nSPS) is 20.6. The van der Waals surface area contributed by atoms with Gasteiger partial charge in [0, 0.05) is 26.2 Å². The number of rotatable bonds is 6. The number of nitrogens with one attached hydrogen (secondary N) is 1. The van der Waals surface area contributed by atoms with Crippen molar-refractivity contribution in [3.05, 3.63) is 0 Å². The van der Waals surface area contributed by atoms with Crippen molar-refractivity contribution in [1.29, 1.82) is 0 Å².